The van der Waals surface area contributed by atoms with Crippen molar-refractivity contribution in [3.05, 3.63) is 24.3 Å². The molecule has 6 heteroatoms. The lowest BCUT2D eigenvalue weighted by Crippen LogP contribution is -2.48. The van der Waals surface area contributed by atoms with Crippen LogP contribution >= 0.6 is 11.8 Å². The second-order valence-electron chi connectivity index (χ2n) is 5.47. The zero-order chi connectivity index (χ0) is 16.1. The van der Waals surface area contributed by atoms with Gasteiger partial charge in [0, 0.05) is 17.5 Å². The number of nitrogens with zero attached hydrogens (tertiary/aromatic N) is 1. The fraction of sp³-hybridized carbons (Fsp3) is 0.500. The lowest BCUT2D eigenvalue weighted by Gasteiger charge is -2.36. The molecule has 0 aromatic heterocycles. The SMILES string of the molecule is COc1ccc(SCC(=O)N2CC(C(=O)O)CCC2C)cc1. The smallest absolute Gasteiger partial charge is 0.308 e. The molecular weight excluding hydrogens is 302 g/mol. The van der Waals surface area contributed by atoms with Gasteiger partial charge in [0.25, 0.3) is 0 Å². The third-order valence-corrected chi connectivity index (χ3v) is 4.97. The van der Waals surface area contributed by atoms with E-state index in [1.54, 1.807) is 12.0 Å². The number of likely N-dealkylation sites (tertiary alicyclic amines) is 1. The molecular formula is C16H21NO4S. The minimum absolute atomic E-state index is 0.000678. The van der Waals surface area contributed by atoms with Crippen molar-refractivity contribution in [3.63, 3.8) is 0 Å². The van der Waals surface area contributed by atoms with Gasteiger partial charge in [-0.2, -0.15) is 0 Å². The molecule has 1 aromatic rings. The van der Waals surface area contributed by atoms with Crippen molar-refractivity contribution < 1.29 is 19.4 Å². The van der Waals surface area contributed by atoms with Crippen LogP contribution in [0.4, 0.5) is 0 Å². The Bertz CT molecular complexity index is 531. The summed E-state index contributed by atoms with van der Waals surface area (Å²) in [6.07, 6.45) is 1.39. The van der Waals surface area contributed by atoms with Crippen molar-refractivity contribution in [2.24, 2.45) is 5.92 Å². The highest BCUT2D eigenvalue weighted by Gasteiger charge is 2.32. The molecule has 2 atom stereocenters. The average molecular weight is 323 g/mol. The number of methoxy groups -OCH3 is 1. The minimum atomic E-state index is -0.812. The normalized spacial score (nSPS) is 21.5. The highest BCUT2D eigenvalue weighted by molar-refractivity contribution is 8.00. The van der Waals surface area contributed by atoms with Crippen molar-refractivity contribution in [1.29, 1.82) is 0 Å². The summed E-state index contributed by atoms with van der Waals surface area (Å²) in [6, 6.07) is 7.65. The summed E-state index contributed by atoms with van der Waals surface area (Å²) in [6.45, 7) is 2.30. The molecule has 1 heterocycles. The first-order chi connectivity index (χ1) is 10.5. The van der Waals surface area contributed by atoms with Crippen LogP contribution < -0.4 is 4.74 Å². The summed E-state index contributed by atoms with van der Waals surface area (Å²) in [5.41, 5.74) is 0. The van der Waals surface area contributed by atoms with Crippen LogP contribution in [0.5, 0.6) is 5.75 Å². The Morgan fingerprint density at radius 1 is 1.32 bits per heavy atom. The van der Waals surface area contributed by atoms with Gasteiger partial charge in [-0.05, 0) is 44.0 Å². The zero-order valence-corrected chi connectivity index (χ0v) is 13.6. The predicted octanol–water partition coefficient (Wildman–Crippen LogP) is 2.50. The monoisotopic (exact) mass is 323 g/mol. The van der Waals surface area contributed by atoms with Gasteiger partial charge in [0.15, 0.2) is 0 Å². The van der Waals surface area contributed by atoms with Crippen LogP contribution in [0.15, 0.2) is 29.2 Å². The fourth-order valence-corrected chi connectivity index (χ4v) is 3.34. The quantitative estimate of drug-likeness (QED) is 0.843. The van der Waals surface area contributed by atoms with E-state index in [0.717, 1.165) is 17.1 Å². The summed E-state index contributed by atoms with van der Waals surface area (Å²) >= 11 is 1.46. The largest absolute Gasteiger partial charge is 0.497 e. The molecule has 0 bridgehead atoms. The number of thioether (sulfide) groups is 1. The number of hydrogen-bond donors (Lipinski definition) is 1. The molecule has 2 unspecified atom stereocenters. The number of piperidine rings is 1. The van der Waals surface area contributed by atoms with Crippen molar-refractivity contribution in [1.82, 2.24) is 4.90 Å². The Kier molecular flexibility index (Phi) is 5.71. The maximum atomic E-state index is 12.4. The third kappa shape index (κ3) is 4.16. The van der Waals surface area contributed by atoms with Gasteiger partial charge in [0.05, 0.1) is 18.8 Å². The molecule has 0 spiro atoms. The molecule has 1 N–H and O–H groups in total. The van der Waals surface area contributed by atoms with Crippen LogP contribution in [0.2, 0.25) is 0 Å². The number of carboxylic acids is 1. The van der Waals surface area contributed by atoms with Gasteiger partial charge in [-0.1, -0.05) is 0 Å². The maximum Gasteiger partial charge on any atom is 0.308 e. The van der Waals surface area contributed by atoms with Crippen LogP contribution in [0, 0.1) is 5.92 Å². The van der Waals surface area contributed by atoms with E-state index in [-0.39, 0.29) is 11.9 Å². The predicted molar refractivity (Wildman–Crippen MR) is 85.3 cm³/mol. The second kappa shape index (κ2) is 7.54. The molecule has 0 saturated carbocycles. The van der Waals surface area contributed by atoms with E-state index in [1.807, 2.05) is 31.2 Å². The number of carboxylic acid groups (broad SMARTS) is 1. The summed E-state index contributed by atoms with van der Waals surface area (Å²) in [5.74, 6) is -0.147. The Morgan fingerprint density at radius 3 is 2.59 bits per heavy atom. The molecule has 1 aromatic carbocycles. The Morgan fingerprint density at radius 2 is 2.00 bits per heavy atom. The molecule has 2 rings (SSSR count). The third-order valence-electron chi connectivity index (χ3n) is 3.97. The number of ether oxygens (including phenoxy) is 1. The second-order valence-corrected chi connectivity index (χ2v) is 6.52. The van der Waals surface area contributed by atoms with Crippen molar-refractivity contribution in [3.8, 4) is 5.75 Å². The van der Waals surface area contributed by atoms with E-state index in [1.165, 1.54) is 11.8 Å². The van der Waals surface area contributed by atoms with Gasteiger partial charge in [-0.25, -0.2) is 0 Å². The highest BCUT2D eigenvalue weighted by Crippen LogP contribution is 2.25. The highest BCUT2D eigenvalue weighted by atomic mass is 32.2. The van der Waals surface area contributed by atoms with E-state index in [0.29, 0.717) is 18.7 Å². The maximum absolute atomic E-state index is 12.4. The zero-order valence-electron chi connectivity index (χ0n) is 12.8. The van der Waals surface area contributed by atoms with Crippen molar-refractivity contribution in [2.45, 2.75) is 30.7 Å². The van der Waals surface area contributed by atoms with Crippen LogP contribution in [0.3, 0.4) is 0 Å². The van der Waals surface area contributed by atoms with Crippen LogP contribution in [-0.4, -0.2) is 47.3 Å². The fourth-order valence-electron chi connectivity index (χ4n) is 2.56. The Balaban J connectivity index is 1.91. The lowest BCUT2D eigenvalue weighted by molar-refractivity contribution is -0.146. The van der Waals surface area contributed by atoms with Gasteiger partial charge in [0.2, 0.25) is 5.91 Å². The molecule has 1 aliphatic rings. The average Bonchev–Trinajstić information content (AvgIpc) is 2.53. The van der Waals surface area contributed by atoms with Gasteiger partial charge < -0.3 is 14.7 Å². The molecule has 22 heavy (non-hydrogen) atoms. The molecule has 1 fully saturated rings. The van der Waals surface area contributed by atoms with E-state index >= 15 is 0 Å². The number of amides is 1. The number of rotatable bonds is 5. The topological polar surface area (TPSA) is 66.8 Å². The van der Waals surface area contributed by atoms with Gasteiger partial charge >= 0.3 is 5.97 Å². The van der Waals surface area contributed by atoms with Crippen molar-refractivity contribution in [2.75, 3.05) is 19.4 Å². The molecule has 5 nitrogen and oxygen atoms in total. The number of carbonyl (C=O) groups is 2. The minimum Gasteiger partial charge on any atom is -0.497 e. The van der Waals surface area contributed by atoms with Crippen LogP contribution in [0.1, 0.15) is 19.8 Å². The van der Waals surface area contributed by atoms with Gasteiger partial charge in [-0.15, -0.1) is 11.8 Å². The lowest BCUT2D eigenvalue weighted by atomic mass is 9.93. The number of hydrogen-bond acceptors (Lipinski definition) is 4. The number of benzene rings is 1. The standard InChI is InChI=1S/C16H21NO4S/c1-11-3-4-12(16(19)20)9-17(11)15(18)10-22-14-7-5-13(21-2)6-8-14/h5-8,11-12H,3-4,9-10H2,1-2H3,(H,19,20). The molecule has 1 aliphatic heterocycles. The van der Waals surface area contributed by atoms with Crippen LogP contribution in [-0.2, 0) is 9.59 Å². The Labute approximate surface area is 134 Å². The van der Waals surface area contributed by atoms with E-state index in [4.69, 9.17) is 9.84 Å². The molecule has 1 saturated heterocycles. The summed E-state index contributed by atoms with van der Waals surface area (Å²) in [4.78, 5) is 26.2. The summed E-state index contributed by atoms with van der Waals surface area (Å²) < 4.78 is 5.10. The van der Waals surface area contributed by atoms with E-state index < -0.39 is 11.9 Å². The molecule has 0 aliphatic carbocycles. The number of aliphatic carboxylic acids is 1. The van der Waals surface area contributed by atoms with Gasteiger partial charge in [0.1, 0.15) is 5.75 Å². The molecule has 120 valence electrons. The van der Waals surface area contributed by atoms with Crippen LogP contribution in [0.25, 0.3) is 0 Å². The molecule has 1 amide bonds. The van der Waals surface area contributed by atoms with E-state index in [9.17, 15) is 9.59 Å². The van der Waals surface area contributed by atoms with Gasteiger partial charge in [-0.3, -0.25) is 9.59 Å². The summed E-state index contributed by atoms with van der Waals surface area (Å²) in [5, 5.41) is 9.13. The number of carbonyl (C=O) groups excluding carboxylic acids is 1. The summed E-state index contributed by atoms with van der Waals surface area (Å²) in [7, 11) is 1.61. The van der Waals surface area contributed by atoms with Crippen molar-refractivity contribution >= 4 is 23.6 Å². The molecule has 0 radical (unpaired) electrons. The first-order valence-corrected chi connectivity index (χ1v) is 8.29. The Hall–Kier alpha value is -1.69. The first kappa shape index (κ1) is 16.7. The first-order valence-electron chi connectivity index (χ1n) is 7.30. The van der Waals surface area contributed by atoms with E-state index in [2.05, 4.69) is 0 Å².